The fourth-order valence-corrected chi connectivity index (χ4v) is 1.59. The fraction of sp³-hybridized carbons (Fsp3) is 0.231. The summed E-state index contributed by atoms with van der Waals surface area (Å²) in [4.78, 5) is 11.6. The van der Waals surface area contributed by atoms with E-state index >= 15 is 0 Å². The van der Waals surface area contributed by atoms with E-state index in [1.165, 1.54) is 0 Å². The standard InChI is InChI=1S/C13H16N4O2/c18-8-7-14-13(19)10-1-3-11(4-2-10)15-9-12-5-6-16-17-12/h1-6,15,18H,7-9H2,(H,14,19)(H,16,17). The molecular weight excluding hydrogens is 244 g/mol. The molecule has 2 rings (SSSR count). The molecule has 1 heterocycles. The van der Waals surface area contributed by atoms with E-state index in [2.05, 4.69) is 20.8 Å². The molecule has 0 aliphatic carbocycles. The Morgan fingerprint density at radius 1 is 1.26 bits per heavy atom. The van der Waals surface area contributed by atoms with Crippen LogP contribution in [0.4, 0.5) is 5.69 Å². The van der Waals surface area contributed by atoms with Crippen molar-refractivity contribution in [2.45, 2.75) is 6.54 Å². The Hall–Kier alpha value is -2.34. The Bertz CT molecular complexity index is 508. The second kappa shape index (κ2) is 6.55. The van der Waals surface area contributed by atoms with Gasteiger partial charge in [-0.05, 0) is 30.3 Å². The normalized spacial score (nSPS) is 10.2. The molecule has 0 radical (unpaired) electrons. The molecule has 1 aromatic carbocycles. The summed E-state index contributed by atoms with van der Waals surface area (Å²) < 4.78 is 0. The number of aliphatic hydroxyl groups is 1. The van der Waals surface area contributed by atoms with Crippen LogP contribution in [0.2, 0.25) is 0 Å². The van der Waals surface area contributed by atoms with Crippen molar-refractivity contribution in [1.29, 1.82) is 0 Å². The van der Waals surface area contributed by atoms with Crippen LogP contribution in [0.15, 0.2) is 36.5 Å². The Labute approximate surface area is 110 Å². The maximum Gasteiger partial charge on any atom is 0.251 e. The molecule has 0 spiro atoms. The van der Waals surface area contributed by atoms with Gasteiger partial charge in [-0.3, -0.25) is 9.89 Å². The number of benzene rings is 1. The molecule has 6 heteroatoms. The molecule has 2 aromatic rings. The predicted molar refractivity (Wildman–Crippen MR) is 71.8 cm³/mol. The number of H-pyrrole nitrogens is 1. The van der Waals surface area contributed by atoms with Crippen molar-refractivity contribution in [2.75, 3.05) is 18.5 Å². The summed E-state index contributed by atoms with van der Waals surface area (Å²) in [6, 6.07) is 9.04. The van der Waals surface area contributed by atoms with E-state index in [0.29, 0.717) is 12.1 Å². The number of carbonyl (C=O) groups excluding carboxylic acids is 1. The molecule has 0 aliphatic rings. The number of nitrogens with zero attached hydrogens (tertiary/aromatic N) is 1. The number of hydrogen-bond donors (Lipinski definition) is 4. The monoisotopic (exact) mass is 260 g/mol. The highest BCUT2D eigenvalue weighted by Crippen LogP contribution is 2.10. The molecule has 1 aromatic heterocycles. The fourth-order valence-electron chi connectivity index (χ4n) is 1.59. The zero-order chi connectivity index (χ0) is 13.5. The van der Waals surface area contributed by atoms with Crippen LogP contribution in [-0.4, -0.2) is 34.4 Å². The van der Waals surface area contributed by atoms with Crippen molar-refractivity contribution in [3.05, 3.63) is 47.8 Å². The predicted octanol–water partition coefficient (Wildman–Crippen LogP) is 0.744. The minimum absolute atomic E-state index is 0.0600. The van der Waals surface area contributed by atoms with Gasteiger partial charge in [0.05, 0.1) is 18.8 Å². The van der Waals surface area contributed by atoms with Crippen molar-refractivity contribution >= 4 is 11.6 Å². The summed E-state index contributed by atoms with van der Waals surface area (Å²) in [5.41, 5.74) is 2.48. The lowest BCUT2D eigenvalue weighted by atomic mass is 10.2. The van der Waals surface area contributed by atoms with Gasteiger partial charge in [0.2, 0.25) is 0 Å². The van der Waals surface area contributed by atoms with Crippen LogP contribution in [0.3, 0.4) is 0 Å². The molecule has 0 saturated heterocycles. The number of carbonyl (C=O) groups is 1. The van der Waals surface area contributed by atoms with E-state index in [0.717, 1.165) is 11.4 Å². The number of hydrogen-bond acceptors (Lipinski definition) is 4. The quantitative estimate of drug-likeness (QED) is 0.617. The number of aromatic nitrogens is 2. The largest absolute Gasteiger partial charge is 0.395 e. The summed E-state index contributed by atoms with van der Waals surface area (Å²) in [6.45, 7) is 0.851. The maximum atomic E-state index is 11.6. The molecule has 0 saturated carbocycles. The molecule has 1 amide bonds. The van der Waals surface area contributed by atoms with E-state index in [9.17, 15) is 4.79 Å². The lowest BCUT2D eigenvalue weighted by Gasteiger charge is -2.06. The van der Waals surface area contributed by atoms with Crippen molar-refractivity contribution in [3.8, 4) is 0 Å². The highest BCUT2D eigenvalue weighted by molar-refractivity contribution is 5.94. The second-order valence-corrected chi connectivity index (χ2v) is 3.99. The van der Waals surface area contributed by atoms with Crippen LogP contribution in [0.25, 0.3) is 0 Å². The maximum absolute atomic E-state index is 11.6. The van der Waals surface area contributed by atoms with Crippen molar-refractivity contribution in [3.63, 3.8) is 0 Å². The first kappa shape index (κ1) is 13.1. The van der Waals surface area contributed by atoms with Crippen LogP contribution < -0.4 is 10.6 Å². The minimum atomic E-state index is -0.186. The van der Waals surface area contributed by atoms with Crippen molar-refractivity contribution in [2.24, 2.45) is 0 Å². The third-order valence-electron chi connectivity index (χ3n) is 2.59. The van der Waals surface area contributed by atoms with Crippen LogP contribution in [-0.2, 0) is 6.54 Å². The van der Waals surface area contributed by atoms with E-state index in [1.54, 1.807) is 18.3 Å². The third kappa shape index (κ3) is 3.82. The molecule has 0 fully saturated rings. The lowest BCUT2D eigenvalue weighted by molar-refractivity contribution is 0.0945. The highest BCUT2D eigenvalue weighted by atomic mass is 16.3. The molecule has 0 bridgehead atoms. The summed E-state index contributed by atoms with van der Waals surface area (Å²) in [6.07, 6.45) is 1.70. The zero-order valence-corrected chi connectivity index (χ0v) is 10.4. The van der Waals surface area contributed by atoms with Gasteiger partial charge in [-0.1, -0.05) is 0 Å². The molecular formula is C13H16N4O2. The van der Waals surface area contributed by atoms with Gasteiger partial charge in [0, 0.05) is 24.0 Å². The van der Waals surface area contributed by atoms with Gasteiger partial charge in [0.1, 0.15) is 0 Å². The number of amides is 1. The highest BCUT2D eigenvalue weighted by Gasteiger charge is 2.04. The molecule has 0 aliphatic heterocycles. The van der Waals surface area contributed by atoms with Gasteiger partial charge in [-0.2, -0.15) is 5.10 Å². The average Bonchev–Trinajstić information content (AvgIpc) is 2.96. The summed E-state index contributed by atoms with van der Waals surface area (Å²) in [7, 11) is 0. The minimum Gasteiger partial charge on any atom is -0.395 e. The third-order valence-corrected chi connectivity index (χ3v) is 2.59. The first-order valence-electron chi connectivity index (χ1n) is 6.01. The summed E-state index contributed by atoms with van der Waals surface area (Å²) in [5, 5.41) is 21.2. The topological polar surface area (TPSA) is 90.0 Å². The van der Waals surface area contributed by atoms with E-state index in [4.69, 9.17) is 5.11 Å². The smallest absolute Gasteiger partial charge is 0.251 e. The van der Waals surface area contributed by atoms with Gasteiger partial charge in [-0.25, -0.2) is 0 Å². The second-order valence-electron chi connectivity index (χ2n) is 3.99. The Balaban J connectivity index is 1.89. The zero-order valence-electron chi connectivity index (χ0n) is 10.4. The van der Waals surface area contributed by atoms with Gasteiger partial charge in [0.15, 0.2) is 0 Å². The summed E-state index contributed by atoms with van der Waals surface area (Å²) >= 11 is 0. The van der Waals surface area contributed by atoms with Crippen molar-refractivity contribution < 1.29 is 9.90 Å². The number of rotatable bonds is 6. The number of anilines is 1. The van der Waals surface area contributed by atoms with Crippen molar-refractivity contribution in [1.82, 2.24) is 15.5 Å². The SMILES string of the molecule is O=C(NCCO)c1ccc(NCc2ccn[nH]2)cc1. The van der Waals surface area contributed by atoms with Crippen LogP contribution in [0.5, 0.6) is 0 Å². The molecule has 4 N–H and O–H groups in total. The van der Waals surface area contributed by atoms with Gasteiger partial charge < -0.3 is 15.7 Å². The molecule has 0 unspecified atom stereocenters. The van der Waals surface area contributed by atoms with Crippen LogP contribution in [0, 0.1) is 0 Å². The molecule has 100 valence electrons. The van der Waals surface area contributed by atoms with Crippen LogP contribution in [0.1, 0.15) is 16.1 Å². The van der Waals surface area contributed by atoms with Gasteiger partial charge in [0.25, 0.3) is 5.91 Å². The lowest BCUT2D eigenvalue weighted by Crippen LogP contribution is -2.26. The Morgan fingerprint density at radius 3 is 2.68 bits per heavy atom. The van der Waals surface area contributed by atoms with E-state index in [1.807, 2.05) is 18.2 Å². The Morgan fingerprint density at radius 2 is 2.05 bits per heavy atom. The number of aliphatic hydroxyl groups excluding tert-OH is 1. The first-order chi connectivity index (χ1) is 9.29. The van der Waals surface area contributed by atoms with E-state index < -0.39 is 0 Å². The van der Waals surface area contributed by atoms with Gasteiger partial charge >= 0.3 is 0 Å². The molecule has 0 atom stereocenters. The van der Waals surface area contributed by atoms with Crippen LogP contribution >= 0.6 is 0 Å². The molecule has 6 nitrogen and oxygen atoms in total. The van der Waals surface area contributed by atoms with E-state index in [-0.39, 0.29) is 19.1 Å². The molecule has 19 heavy (non-hydrogen) atoms. The number of nitrogens with one attached hydrogen (secondary N) is 3. The Kier molecular flexibility index (Phi) is 4.52. The number of aromatic amines is 1. The van der Waals surface area contributed by atoms with Gasteiger partial charge in [-0.15, -0.1) is 0 Å². The average molecular weight is 260 g/mol. The summed E-state index contributed by atoms with van der Waals surface area (Å²) in [5.74, 6) is -0.186. The first-order valence-corrected chi connectivity index (χ1v) is 6.01.